The fourth-order valence-corrected chi connectivity index (χ4v) is 2.89. The topological polar surface area (TPSA) is 78.9 Å². The molecule has 0 saturated carbocycles. The van der Waals surface area contributed by atoms with Crippen molar-refractivity contribution in [2.45, 2.75) is 31.1 Å². The van der Waals surface area contributed by atoms with Crippen LogP contribution in [0.4, 0.5) is 4.79 Å². The Morgan fingerprint density at radius 2 is 2.16 bits per heavy atom. The van der Waals surface area contributed by atoms with E-state index < -0.39 is 12.1 Å². The molecule has 0 aromatic rings. The highest BCUT2D eigenvalue weighted by Crippen LogP contribution is 2.30. The molecule has 1 rings (SSSR count). The number of methoxy groups -OCH3 is 1. The Morgan fingerprint density at radius 3 is 2.74 bits per heavy atom. The molecular formula is C12H22N2O4S. The van der Waals surface area contributed by atoms with Gasteiger partial charge in [-0.25, -0.2) is 9.59 Å². The van der Waals surface area contributed by atoms with Crippen molar-refractivity contribution < 1.29 is 19.4 Å². The highest BCUT2D eigenvalue weighted by molar-refractivity contribution is 8.00. The number of nitrogens with one attached hydrogen (secondary N) is 1. The molecule has 0 aromatic heterocycles. The second-order valence-electron chi connectivity index (χ2n) is 5.09. The fraction of sp³-hybridized carbons (Fsp3) is 0.833. The summed E-state index contributed by atoms with van der Waals surface area (Å²) in [7, 11) is 1.32. The number of carbonyl (C=O) groups is 2. The van der Waals surface area contributed by atoms with Crippen LogP contribution in [0.15, 0.2) is 0 Å². The monoisotopic (exact) mass is 290 g/mol. The molecule has 1 fully saturated rings. The molecule has 0 bridgehead atoms. The summed E-state index contributed by atoms with van der Waals surface area (Å²) in [6, 6.07) is -0.221. The zero-order valence-corrected chi connectivity index (χ0v) is 12.5. The van der Waals surface area contributed by atoms with Crippen molar-refractivity contribution >= 4 is 23.8 Å². The number of thioether (sulfide) groups is 1. The minimum Gasteiger partial charge on any atom is -0.479 e. The molecule has 0 spiro atoms. The summed E-state index contributed by atoms with van der Waals surface area (Å²) < 4.78 is 4.96. The minimum atomic E-state index is -1.07. The van der Waals surface area contributed by atoms with Gasteiger partial charge in [-0.05, 0) is 6.42 Å². The number of rotatable bonds is 4. The fourth-order valence-electron chi connectivity index (χ4n) is 1.79. The molecule has 19 heavy (non-hydrogen) atoms. The molecule has 2 N–H and O–H groups in total. The second-order valence-corrected chi connectivity index (χ2v) is 6.90. The van der Waals surface area contributed by atoms with Crippen molar-refractivity contribution in [1.82, 2.24) is 10.2 Å². The quantitative estimate of drug-likeness (QED) is 0.808. The van der Waals surface area contributed by atoms with E-state index in [1.807, 2.05) is 11.8 Å². The van der Waals surface area contributed by atoms with Crippen molar-refractivity contribution in [2.75, 3.05) is 32.5 Å². The number of carboxylic acid groups (broad SMARTS) is 1. The first-order chi connectivity index (χ1) is 8.85. The maximum Gasteiger partial charge on any atom is 0.334 e. The normalized spacial score (nSPS) is 20.5. The first kappa shape index (κ1) is 16.1. The van der Waals surface area contributed by atoms with Gasteiger partial charge >= 0.3 is 12.0 Å². The summed E-state index contributed by atoms with van der Waals surface area (Å²) >= 11 is 1.86. The Morgan fingerprint density at radius 1 is 1.47 bits per heavy atom. The van der Waals surface area contributed by atoms with Gasteiger partial charge < -0.3 is 20.1 Å². The predicted octanol–water partition coefficient (Wildman–Crippen LogP) is 1.01. The Balaban J connectivity index is 2.43. The Bertz CT molecular complexity index is 336. The van der Waals surface area contributed by atoms with E-state index in [0.29, 0.717) is 13.1 Å². The molecule has 1 unspecified atom stereocenters. The van der Waals surface area contributed by atoms with E-state index >= 15 is 0 Å². The van der Waals surface area contributed by atoms with Crippen LogP contribution < -0.4 is 5.32 Å². The maximum atomic E-state index is 12.0. The molecule has 2 amide bonds. The molecule has 1 atom stereocenters. The van der Waals surface area contributed by atoms with Gasteiger partial charge in [-0.2, -0.15) is 11.8 Å². The number of carboxylic acids is 1. The number of aliphatic carboxylic acids is 1. The lowest BCUT2D eigenvalue weighted by Crippen LogP contribution is -2.45. The lowest BCUT2D eigenvalue weighted by atomic mass is 10.1. The molecule has 1 aliphatic rings. The van der Waals surface area contributed by atoms with E-state index in [9.17, 15) is 9.59 Å². The van der Waals surface area contributed by atoms with Crippen LogP contribution in [0.5, 0.6) is 0 Å². The van der Waals surface area contributed by atoms with Crippen molar-refractivity contribution in [3.8, 4) is 0 Å². The summed E-state index contributed by atoms with van der Waals surface area (Å²) in [4.78, 5) is 24.5. The van der Waals surface area contributed by atoms with Crippen molar-refractivity contribution in [3.63, 3.8) is 0 Å². The molecule has 1 heterocycles. The Hall–Kier alpha value is -0.950. The standard InChI is InChI=1S/C12H22N2O4S/c1-12(2)4-5-14(6-7-19-12)11(17)13-8-9(18-3)10(15)16/h9H,4-8H2,1-3H3,(H,13,17)(H,15,16). The third-order valence-corrected chi connectivity index (χ3v) is 4.50. The number of amides is 2. The van der Waals surface area contributed by atoms with E-state index in [2.05, 4.69) is 19.2 Å². The van der Waals surface area contributed by atoms with Crippen molar-refractivity contribution in [1.29, 1.82) is 0 Å². The van der Waals surface area contributed by atoms with Crippen LogP contribution in [0.25, 0.3) is 0 Å². The third kappa shape index (κ3) is 5.28. The van der Waals surface area contributed by atoms with Gasteiger partial charge in [0.2, 0.25) is 0 Å². The van der Waals surface area contributed by atoms with E-state index in [1.165, 1.54) is 7.11 Å². The number of carbonyl (C=O) groups excluding carboxylic acids is 1. The number of nitrogens with zero attached hydrogens (tertiary/aromatic N) is 1. The maximum absolute atomic E-state index is 12.0. The van der Waals surface area contributed by atoms with Crippen LogP contribution in [-0.2, 0) is 9.53 Å². The van der Waals surface area contributed by atoms with E-state index in [-0.39, 0.29) is 17.3 Å². The highest BCUT2D eigenvalue weighted by atomic mass is 32.2. The summed E-state index contributed by atoms with van der Waals surface area (Å²) in [5.74, 6) is -0.178. The molecule has 0 aliphatic carbocycles. The van der Waals surface area contributed by atoms with E-state index in [4.69, 9.17) is 9.84 Å². The van der Waals surface area contributed by atoms with Crippen molar-refractivity contribution in [3.05, 3.63) is 0 Å². The second kappa shape index (κ2) is 7.00. The van der Waals surface area contributed by atoms with Crippen LogP contribution in [0.3, 0.4) is 0 Å². The van der Waals surface area contributed by atoms with Crippen LogP contribution in [0, 0.1) is 0 Å². The summed E-state index contributed by atoms with van der Waals surface area (Å²) in [6.45, 7) is 5.70. The Kier molecular flexibility index (Phi) is 5.93. The summed E-state index contributed by atoms with van der Waals surface area (Å²) in [6.07, 6.45) is -0.0701. The number of urea groups is 1. The molecule has 0 radical (unpaired) electrons. The third-order valence-electron chi connectivity index (χ3n) is 3.12. The van der Waals surface area contributed by atoms with Crippen LogP contribution in [-0.4, -0.2) is 65.4 Å². The van der Waals surface area contributed by atoms with Crippen molar-refractivity contribution in [2.24, 2.45) is 0 Å². The summed E-state index contributed by atoms with van der Waals surface area (Å²) in [5, 5.41) is 11.4. The SMILES string of the molecule is COC(CNC(=O)N1CCSC(C)(C)CC1)C(=O)O. The van der Waals surface area contributed by atoms with Gasteiger partial charge in [-0.15, -0.1) is 0 Å². The van der Waals surface area contributed by atoms with Gasteiger partial charge in [-0.3, -0.25) is 0 Å². The zero-order valence-electron chi connectivity index (χ0n) is 11.6. The number of hydrogen-bond acceptors (Lipinski definition) is 4. The number of ether oxygens (including phenoxy) is 1. The molecule has 7 heteroatoms. The van der Waals surface area contributed by atoms with Crippen LogP contribution in [0.2, 0.25) is 0 Å². The predicted molar refractivity (Wildman–Crippen MR) is 74.6 cm³/mol. The lowest BCUT2D eigenvalue weighted by molar-refractivity contribution is -0.148. The first-order valence-corrected chi connectivity index (χ1v) is 7.26. The number of hydrogen-bond donors (Lipinski definition) is 2. The van der Waals surface area contributed by atoms with Gasteiger partial charge in [0.15, 0.2) is 6.10 Å². The summed E-state index contributed by atoms with van der Waals surface area (Å²) in [5.41, 5.74) is 0. The molecular weight excluding hydrogens is 268 g/mol. The van der Waals surface area contributed by atoms with Gasteiger partial charge in [0.25, 0.3) is 0 Å². The Labute approximate surface area is 117 Å². The molecule has 1 aliphatic heterocycles. The molecule has 0 aromatic carbocycles. The van der Waals surface area contributed by atoms with Gasteiger partial charge in [0.1, 0.15) is 0 Å². The van der Waals surface area contributed by atoms with Gasteiger partial charge in [0.05, 0.1) is 6.54 Å². The van der Waals surface area contributed by atoms with Crippen LogP contribution in [0.1, 0.15) is 20.3 Å². The first-order valence-electron chi connectivity index (χ1n) is 6.28. The van der Waals surface area contributed by atoms with Gasteiger partial charge in [0, 0.05) is 30.7 Å². The smallest absolute Gasteiger partial charge is 0.334 e. The average molecular weight is 290 g/mol. The lowest BCUT2D eigenvalue weighted by Gasteiger charge is -2.23. The van der Waals surface area contributed by atoms with Gasteiger partial charge in [-0.1, -0.05) is 13.8 Å². The van der Waals surface area contributed by atoms with E-state index in [1.54, 1.807) is 4.90 Å². The zero-order chi connectivity index (χ0) is 14.5. The largest absolute Gasteiger partial charge is 0.479 e. The minimum absolute atomic E-state index is 0.0162. The van der Waals surface area contributed by atoms with Crippen LogP contribution >= 0.6 is 11.8 Å². The molecule has 110 valence electrons. The molecule has 1 saturated heterocycles. The van der Waals surface area contributed by atoms with E-state index in [0.717, 1.165) is 12.2 Å². The molecule has 6 nitrogen and oxygen atoms in total. The highest BCUT2D eigenvalue weighted by Gasteiger charge is 2.26. The average Bonchev–Trinajstić information content (AvgIpc) is 2.50.